The van der Waals surface area contributed by atoms with E-state index in [2.05, 4.69) is 29.6 Å². The van der Waals surface area contributed by atoms with Crippen molar-refractivity contribution in [2.75, 3.05) is 0 Å². The number of fused-ring (bicyclic) bond motifs is 3. The highest BCUT2D eigenvalue weighted by molar-refractivity contribution is 5.85. The first kappa shape index (κ1) is 14.9. The largest absolute Gasteiger partial charge is 0.352 e. The lowest BCUT2D eigenvalue weighted by molar-refractivity contribution is -0.127. The molecule has 0 saturated heterocycles. The van der Waals surface area contributed by atoms with Crippen molar-refractivity contribution in [3.63, 3.8) is 0 Å². The Hall–Kier alpha value is -1.06. The standard InChI is InChI=1S/C17H22N2O.ClH/c18-16-13-6-5-12(7-13)15(16)17(20)19-14-8-10-3-1-2-4-11(10)9-14;/h1-4,12-16H,5-9,18H2,(H,19,20);1H. The topological polar surface area (TPSA) is 55.1 Å². The van der Waals surface area contributed by atoms with Crippen LogP contribution in [0.15, 0.2) is 24.3 Å². The summed E-state index contributed by atoms with van der Waals surface area (Å²) in [4.78, 5) is 12.6. The molecule has 4 atom stereocenters. The minimum atomic E-state index is 0. The van der Waals surface area contributed by atoms with E-state index in [0.29, 0.717) is 11.8 Å². The van der Waals surface area contributed by atoms with Crippen molar-refractivity contribution in [1.82, 2.24) is 5.32 Å². The number of carbonyl (C=O) groups is 1. The maximum absolute atomic E-state index is 12.6. The highest BCUT2D eigenvalue weighted by atomic mass is 35.5. The minimum absolute atomic E-state index is 0. The molecule has 0 radical (unpaired) electrons. The predicted octanol–water partition coefficient (Wildman–Crippen LogP) is 2.07. The number of hydrogen-bond donors (Lipinski definition) is 2. The summed E-state index contributed by atoms with van der Waals surface area (Å²) in [6, 6.07) is 8.86. The van der Waals surface area contributed by atoms with E-state index in [4.69, 9.17) is 5.73 Å². The van der Waals surface area contributed by atoms with Gasteiger partial charge in [0.2, 0.25) is 5.91 Å². The fraction of sp³-hybridized carbons (Fsp3) is 0.588. The molecular formula is C17H23ClN2O. The van der Waals surface area contributed by atoms with Crippen LogP contribution in [0.3, 0.4) is 0 Å². The first-order valence-corrected chi connectivity index (χ1v) is 7.85. The van der Waals surface area contributed by atoms with Gasteiger partial charge in [0.05, 0.1) is 5.92 Å². The molecule has 3 nitrogen and oxygen atoms in total. The maximum Gasteiger partial charge on any atom is 0.225 e. The van der Waals surface area contributed by atoms with E-state index in [9.17, 15) is 4.79 Å². The van der Waals surface area contributed by atoms with E-state index in [1.807, 2.05) is 0 Å². The van der Waals surface area contributed by atoms with E-state index in [-0.39, 0.29) is 36.3 Å². The quantitative estimate of drug-likeness (QED) is 0.879. The van der Waals surface area contributed by atoms with Gasteiger partial charge in [-0.3, -0.25) is 4.79 Å². The van der Waals surface area contributed by atoms with Crippen molar-refractivity contribution in [2.45, 2.75) is 44.2 Å². The SMILES string of the molecule is Cl.NC1C2CCC(C2)C1C(=O)NC1Cc2ccccc2C1. The molecule has 0 spiro atoms. The number of halogens is 1. The van der Waals surface area contributed by atoms with Crippen LogP contribution in [0.25, 0.3) is 0 Å². The maximum atomic E-state index is 12.6. The Balaban J connectivity index is 0.00000132. The molecule has 2 fully saturated rings. The number of rotatable bonds is 2. The van der Waals surface area contributed by atoms with E-state index in [1.165, 1.54) is 30.4 Å². The molecule has 4 rings (SSSR count). The molecule has 0 aromatic heterocycles. The molecule has 4 unspecified atom stereocenters. The first-order chi connectivity index (χ1) is 9.72. The van der Waals surface area contributed by atoms with Crippen LogP contribution in [0.5, 0.6) is 0 Å². The zero-order chi connectivity index (χ0) is 13.7. The summed E-state index contributed by atoms with van der Waals surface area (Å²) in [6.07, 6.45) is 5.53. The zero-order valence-electron chi connectivity index (χ0n) is 12.1. The van der Waals surface area contributed by atoms with Crippen LogP contribution >= 0.6 is 12.4 Å². The molecule has 3 aliphatic carbocycles. The van der Waals surface area contributed by atoms with Gasteiger partial charge in [0.15, 0.2) is 0 Å². The van der Waals surface area contributed by atoms with Crippen LogP contribution in [0.4, 0.5) is 0 Å². The van der Waals surface area contributed by atoms with Crippen molar-refractivity contribution < 1.29 is 4.79 Å². The summed E-state index contributed by atoms with van der Waals surface area (Å²) in [6.45, 7) is 0. The van der Waals surface area contributed by atoms with Gasteiger partial charge in [0.1, 0.15) is 0 Å². The van der Waals surface area contributed by atoms with Gasteiger partial charge in [-0.15, -0.1) is 12.4 Å². The van der Waals surface area contributed by atoms with Gasteiger partial charge in [-0.2, -0.15) is 0 Å². The first-order valence-electron chi connectivity index (χ1n) is 7.85. The second kappa shape index (κ2) is 5.62. The normalized spacial score (nSPS) is 33.6. The van der Waals surface area contributed by atoms with Crippen molar-refractivity contribution in [3.05, 3.63) is 35.4 Å². The fourth-order valence-corrected chi connectivity index (χ4v) is 4.68. The van der Waals surface area contributed by atoms with Gasteiger partial charge in [0.25, 0.3) is 0 Å². The van der Waals surface area contributed by atoms with Crippen LogP contribution in [0.1, 0.15) is 30.4 Å². The Morgan fingerprint density at radius 1 is 1.10 bits per heavy atom. The Bertz CT molecular complexity index is 520. The van der Waals surface area contributed by atoms with E-state index in [1.54, 1.807) is 0 Å². The lowest BCUT2D eigenvalue weighted by Gasteiger charge is -2.28. The number of nitrogens with one attached hydrogen (secondary N) is 1. The second-order valence-corrected chi connectivity index (χ2v) is 6.82. The third-order valence-corrected chi connectivity index (χ3v) is 5.68. The molecule has 2 bridgehead atoms. The van der Waals surface area contributed by atoms with Crippen LogP contribution < -0.4 is 11.1 Å². The molecule has 2 saturated carbocycles. The summed E-state index contributed by atoms with van der Waals surface area (Å²) >= 11 is 0. The Morgan fingerprint density at radius 3 is 2.29 bits per heavy atom. The highest BCUT2D eigenvalue weighted by Crippen LogP contribution is 2.47. The molecule has 3 aliphatic rings. The molecule has 1 aromatic carbocycles. The number of benzene rings is 1. The summed E-state index contributed by atoms with van der Waals surface area (Å²) in [5.41, 5.74) is 9.03. The molecule has 1 aromatic rings. The van der Waals surface area contributed by atoms with Crippen molar-refractivity contribution in [3.8, 4) is 0 Å². The summed E-state index contributed by atoms with van der Waals surface area (Å²) in [7, 11) is 0. The molecular weight excluding hydrogens is 284 g/mol. The van der Waals surface area contributed by atoms with Gasteiger partial charge >= 0.3 is 0 Å². The molecule has 0 heterocycles. The van der Waals surface area contributed by atoms with Gasteiger partial charge < -0.3 is 11.1 Å². The number of hydrogen-bond acceptors (Lipinski definition) is 2. The summed E-state index contributed by atoms with van der Waals surface area (Å²) in [5.74, 6) is 1.41. The Labute approximate surface area is 132 Å². The van der Waals surface area contributed by atoms with Crippen molar-refractivity contribution >= 4 is 18.3 Å². The third-order valence-electron chi connectivity index (χ3n) is 5.68. The van der Waals surface area contributed by atoms with E-state index >= 15 is 0 Å². The average molecular weight is 307 g/mol. The number of nitrogens with two attached hydrogens (primary N) is 1. The minimum Gasteiger partial charge on any atom is -0.352 e. The summed E-state index contributed by atoms with van der Waals surface area (Å²) in [5, 5.41) is 3.26. The molecule has 21 heavy (non-hydrogen) atoms. The number of carbonyl (C=O) groups excluding carboxylic acids is 1. The average Bonchev–Trinajstić information content (AvgIpc) is 3.10. The lowest BCUT2D eigenvalue weighted by Crippen LogP contribution is -2.48. The Morgan fingerprint density at radius 2 is 1.71 bits per heavy atom. The van der Waals surface area contributed by atoms with Crippen molar-refractivity contribution in [2.24, 2.45) is 23.5 Å². The van der Waals surface area contributed by atoms with Crippen LogP contribution in [-0.4, -0.2) is 18.0 Å². The Kier molecular flexibility index (Phi) is 3.98. The molecule has 3 N–H and O–H groups in total. The van der Waals surface area contributed by atoms with Crippen molar-refractivity contribution in [1.29, 1.82) is 0 Å². The second-order valence-electron chi connectivity index (χ2n) is 6.82. The van der Waals surface area contributed by atoms with Gasteiger partial charge in [-0.25, -0.2) is 0 Å². The lowest BCUT2D eigenvalue weighted by atomic mass is 9.84. The molecule has 4 heteroatoms. The van der Waals surface area contributed by atoms with Crippen LogP contribution in [0, 0.1) is 17.8 Å². The predicted molar refractivity (Wildman–Crippen MR) is 85.3 cm³/mol. The van der Waals surface area contributed by atoms with Gasteiger partial charge in [-0.1, -0.05) is 24.3 Å². The van der Waals surface area contributed by atoms with E-state index < -0.39 is 0 Å². The highest BCUT2D eigenvalue weighted by Gasteiger charge is 2.49. The zero-order valence-corrected chi connectivity index (χ0v) is 12.9. The number of amides is 1. The smallest absolute Gasteiger partial charge is 0.225 e. The molecule has 0 aliphatic heterocycles. The van der Waals surface area contributed by atoms with E-state index in [0.717, 1.165) is 12.8 Å². The fourth-order valence-electron chi connectivity index (χ4n) is 4.68. The van der Waals surface area contributed by atoms with Gasteiger partial charge in [0, 0.05) is 12.1 Å². The summed E-state index contributed by atoms with van der Waals surface area (Å²) < 4.78 is 0. The molecule has 1 amide bonds. The van der Waals surface area contributed by atoms with Crippen LogP contribution in [-0.2, 0) is 17.6 Å². The molecule has 114 valence electrons. The van der Waals surface area contributed by atoms with Crippen LogP contribution in [0.2, 0.25) is 0 Å². The van der Waals surface area contributed by atoms with Gasteiger partial charge in [-0.05, 0) is 55.1 Å². The third kappa shape index (κ3) is 2.47. The monoisotopic (exact) mass is 306 g/mol.